The van der Waals surface area contributed by atoms with Crippen LogP contribution in [0.5, 0.6) is 0 Å². The number of rotatable bonds is 6. The van der Waals surface area contributed by atoms with E-state index in [-0.39, 0.29) is 5.41 Å². The Bertz CT molecular complexity index is 519. The molecule has 0 saturated carbocycles. The Morgan fingerprint density at radius 1 is 1.39 bits per heavy atom. The van der Waals surface area contributed by atoms with E-state index in [1.165, 1.54) is 43.4 Å². The molecule has 3 heteroatoms. The van der Waals surface area contributed by atoms with Gasteiger partial charge in [-0.15, -0.1) is 0 Å². The van der Waals surface area contributed by atoms with Crippen LogP contribution < -0.4 is 0 Å². The molecule has 1 aliphatic rings. The molecule has 0 aromatic carbocycles. The predicted molar refractivity (Wildman–Crippen MR) is 96.1 cm³/mol. The minimum absolute atomic E-state index is 0.226. The summed E-state index contributed by atoms with van der Waals surface area (Å²) < 4.78 is 0. The molecule has 130 valence electrons. The number of hydrogen-bond donors (Lipinski definition) is 3. The molecular weight excluding hydrogens is 288 g/mol. The smallest absolute Gasteiger partial charge is 0.109 e. The van der Waals surface area contributed by atoms with Crippen LogP contribution in [-0.2, 0) is 0 Å². The summed E-state index contributed by atoms with van der Waals surface area (Å²) in [5, 5.41) is 28.4. The third kappa shape index (κ3) is 5.76. The SMILES string of the molecule is CC1=C(/C=C/C(C)=C/C=C/[C@](C)(O)[C@H](O)CO)C(C)(C)CCC1. The molecular formula is C20H32O3. The van der Waals surface area contributed by atoms with Gasteiger partial charge in [-0.2, -0.15) is 0 Å². The fourth-order valence-electron chi connectivity index (χ4n) is 2.97. The van der Waals surface area contributed by atoms with Gasteiger partial charge in [0.2, 0.25) is 0 Å². The van der Waals surface area contributed by atoms with E-state index in [1.54, 1.807) is 6.08 Å². The molecule has 0 heterocycles. The largest absolute Gasteiger partial charge is 0.394 e. The molecule has 0 fully saturated rings. The minimum Gasteiger partial charge on any atom is -0.394 e. The lowest BCUT2D eigenvalue weighted by atomic mass is 9.72. The molecule has 0 bridgehead atoms. The van der Waals surface area contributed by atoms with E-state index in [4.69, 9.17) is 5.11 Å². The lowest BCUT2D eigenvalue weighted by Gasteiger charge is -2.32. The van der Waals surface area contributed by atoms with Gasteiger partial charge in [0, 0.05) is 0 Å². The molecule has 1 aliphatic carbocycles. The standard InChI is InChI=1S/C20H32O3/c1-15(8-6-13-20(5,23)18(22)14-21)10-11-17-16(2)9-7-12-19(17,3)4/h6,8,10-11,13,18,21-23H,7,9,12,14H2,1-5H3/b11-10+,13-6+,15-8+/t18-,20+/m1/s1. The van der Waals surface area contributed by atoms with Crippen molar-refractivity contribution in [2.45, 2.75) is 65.6 Å². The normalized spacial score (nSPS) is 23.6. The van der Waals surface area contributed by atoms with Crippen LogP contribution in [0.4, 0.5) is 0 Å². The lowest BCUT2D eigenvalue weighted by Crippen LogP contribution is -2.39. The molecule has 0 spiro atoms. The van der Waals surface area contributed by atoms with Crippen LogP contribution in [0.2, 0.25) is 0 Å². The van der Waals surface area contributed by atoms with Crippen molar-refractivity contribution in [3.63, 3.8) is 0 Å². The third-order valence-corrected chi connectivity index (χ3v) is 4.70. The van der Waals surface area contributed by atoms with E-state index in [0.29, 0.717) is 0 Å². The summed E-state index contributed by atoms with van der Waals surface area (Å²) in [5.74, 6) is 0. The molecule has 0 unspecified atom stereocenters. The van der Waals surface area contributed by atoms with Crippen molar-refractivity contribution in [1.82, 2.24) is 0 Å². The fourth-order valence-corrected chi connectivity index (χ4v) is 2.97. The lowest BCUT2D eigenvalue weighted by molar-refractivity contribution is -0.0520. The molecule has 0 saturated heterocycles. The highest BCUT2D eigenvalue weighted by Gasteiger charge is 2.27. The molecule has 3 N–H and O–H groups in total. The highest BCUT2D eigenvalue weighted by Crippen LogP contribution is 2.40. The molecule has 0 aromatic heterocycles. The first-order valence-corrected chi connectivity index (χ1v) is 8.36. The van der Waals surface area contributed by atoms with Crippen molar-refractivity contribution in [2.24, 2.45) is 5.41 Å². The second kappa shape index (κ2) is 8.09. The summed E-state index contributed by atoms with van der Waals surface area (Å²) in [6.45, 7) is 9.81. The van der Waals surface area contributed by atoms with E-state index in [1.807, 2.05) is 13.0 Å². The Balaban J connectivity index is 2.81. The Morgan fingerprint density at radius 2 is 2.04 bits per heavy atom. The highest BCUT2D eigenvalue weighted by atomic mass is 16.4. The second-order valence-corrected chi connectivity index (χ2v) is 7.46. The number of aliphatic hydroxyl groups is 3. The second-order valence-electron chi connectivity index (χ2n) is 7.46. The van der Waals surface area contributed by atoms with Crippen LogP contribution in [0.25, 0.3) is 0 Å². The van der Waals surface area contributed by atoms with Gasteiger partial charge in [-0.1, -0.05) is 55.4 Å². The van der Waals surface area contributed by atoms with Gasteiger partial charge in [0.1, 0.15) is 11.7 Å². The Hall–Kier alpha value is -1.16. The third-order valence-electron chi connectivity index (χ3n) is 4.70. The first-order valence-electron chi connectivity index (χ1n) is 8.36. The van der Waals surface area contributed by atoms with Crippen LogP contribution >= 0.6 is 0 Å². The van der Waals surface area contributed by atoms with Gasteiger partial charge < -0.3 is 15.3 Å². The van der Waals surface area contributed by atoms with Gasteiger partial charge in [-0.05, 0) is 51.0 Å². The topological polar surface area (TPSA) is 60.7 Å². The van der Waals surface area contributed by atoms with E-state index >= 15 is 0 Å². The summed E-state index contributed by atoms with van der Waals surface area (Å²) in [6, 6.07) is 0. The first kappa shape index (κ1) is 19.9. The quantitative estimate of drug-likeness (QED) is 0.654. The van der Waals surface area contributed by atoms with Crippen LogP contribution in [0, 0.1) is 5.41 Å². The number of hydrogen-bond acceptors (Lipinski definition) is 3. The van der Waals surface area contributed by atoms with Crippen LogP contribution in [0.3, 0.4) is 0 Å². The molecule has 2 atom stereocenters. The molecule has 0 radical (unpaired) electrons. The molecule has 3 nitrogen and oxygen atoms in total. The Morgan fingerprint density at radius 3 is 2.61 bits per heavy atom. The number of allylic oxidation sites excluding steroid dienone is 7. The van der Waals surface area contributed by atoms with Gasteiger partial charge in [-0.3, -0.25) is 0 Å². The monoisotopic (exact) mass is 320 g/mol. The average molecular weight is 320 g/mol. The van der Waals surface area contributed by atoms with Gasteiger partial charge in [0.15, 0.2) is 0 Å². The van der Waals surface area contributed by atoms with Crippen LogP contribution in [0.1, 0.15) is 53.9 Å². The van der Waals surface area contributed by atoms with Crippen LogP contribution in [0.15, 0.2) is 47.1 Å². The molecule has 1 rings (SSSR count). The van der Waals surface area contributed by atoms with Crippen molar-refractivity contribution >= 4 is 0 Å². The zero-order valence-corrected chi connectivity index (χ0v) is 15.1. The summed E-state index contributed by atoms with van der Waals surface area (Å²) in [4.78, 5) is 0. The van der Waals surface area contributed by atoms with Crippen molar-refractivity contribution in [2.75, 3.05) is 6.61 Å². The molecule has 23 heavy (non-hydrogen) atoms. The predicted octanol–water partition coefficient (Wildman–Crippen LogP) is 3.68. The highest BCUT2D eigenvalue weighted by molar-refractivity contribution is 5.36. The zero-order valence-electron chi connectivity index (χ0n) is 15.1. The maximum Gasteiger partial charge on any atom is 0.109 e. The molecule has 0 aromatic rings. The molecule has 0 amide bonds. The van der Waals surface area contributed by atoms with Crippen molar-refractivity contribution < 1.29 is 15.3 Å². The Labute approximate surface area is 140 Å². The van der Waals surface area contributed by atoms with Crippen molar-refractivity contribution in [3.8, 4) is 0 Å². The van der Waals surface area contributed by atoms with E-state index in [0.717, 1.165) is 5.57 Å². The van der Waals surface area contributed by atoms with Gasteiger partial charge in [-0.25, -0.2) is 0 Å². The maximum atomic E-state index is 9.98. The first-order chi connectivity index (χ1) is 10.6. The zero-order chi connectivity index (χ0) is 17.7. The van der Waals surface area contributed by atoms with Crippen molar-refractivity contribution in [3.05, 3.63) is 47.1 Å². The summed E-state index contributed by atoms with van der Waals surface area (Å²) >= 11 is 0. The van der Waals surface area contributed by atoms with Gasteiger partial charge >= 0.3 is 0 Å². The maximum absolute atomic E-state index is 9.98. The fraction of sp³-hybridized carbons (Fsp3) is 0.600. The van der Waals surface area contributed by atoms with E-state index in [9.17, 15) is 10.2 Å². The van der Waals surface area contributed by atoms with Crippen molar-refractivity contribution in [1.29, 1.82) is 0 Å². The van der Waals surface area contributed by atoms with Crippen LogP contribution in [-0.4, -0.2) is 33.6 Å². The van der Waals surface area contributed by atoms with Gasteiger partial charge in [0.05, 0.1) is 6.61 Å². The summed E-state index contributed by atoms with van der Waals surface area (Å²) in [6.07, 6.45) is 11.9. The average Bonchev–Trinajstić information content (AvgIpc) is 2.44. The van der Waals surface area contributed by atoms with Gasteiger partial charge in [0.25, 0.3) is 0 Å². The summed E-state index contributed by atoms with van der Waals surface area (Å²) in [7, 11) is 0. The van der Waals surface area contributed by atoms with E-state index in [2.05, 4.69) is 32.9 Å². The summed E-state index contributed by atoms with van der Waals surface area (Å²) in [5.41, 5.74) is 2.75. The minimum atomic E-state index is -1.43. The van der Waals surface area contributed by atoms with E-state index < -0.39 is 18.3 Å². The number of aliphatic hydroxyl groups excluding tert-OH is 2. The Kier molecular flexibility index (Phi) is 7.00. The molecule has 0 aliphatic heterocycles.